The van der Waals surface area contributed by atoms with Gasteiger partial charge in [-0.05, 0) is 5.56 Å². The third kappa shape index (κ3) is 6.48. The van der Waals surface area contributed by atoms with Gasteiger partial charge in [-0.25, -0.2) is 4.90 Å². The Bertz CT molecular complexity index is 792. The fraction of sp³-hybridized carbons (Fsp3) is 0.280. The van der Waals surface area contributed by atoms with Crippen molar-refractivity contribution in [3.8, 4) is 0 Å². The maximum absolute atomic E-state index is 2.68. The van der Waals surface area contributed by atoms with E-state index in [0.29, 0.717) is 0 Å². The first-order valence-corrected chi connectivity index (χ1v) is 12.5. The summed E-state index contributed by atoms with van der Waals surface area (Å²) in [6.45, 7) is 4.42. The molecule has 0 saturated carbocycles. The Morgan fingerprint density at radius 1 is 0.759 bits per heavy atom. The minimum atomic E-state index is -0.00567. The predicted molar refractivity (Wildman–Crippen MR) is 122 cm³/mol. The van der Waals surface area contributed by atoms with Gasteiger partial charge >= 0.3 is 0 Å². The zero-order chi connectivity index (χ0) is 19.7. The summed E-state index contributed by atoms with van der Waals surface area (Å²) < 4.78 is 0. The lowest BCUT2D eigenvalue weighted by Gasteiger charge is -2.37. The van der Waals surface area contributed by atoms with Gasteiger partial charge in [0.1, 0.15) is 32.3 Å². The molecule has 1 heterocycles. The SMILES string of the molecule is c1ccc(C[NH2+]CP2CN(Cc3ccccc3)C[NH+](Cc3ccccc3)C2)cc1. The summed E-state index contributed by atoms with van der Waals surface area (Å²) in [5, 5.41) is 2.52. The molecule has 2 atom stereocenters. The van der Waals surface area contributed by atoms with Gasteiger partial charge in [0.25, 0.3) is 0 Å². The number of benzene rings is 3. The van der Waals surface area contributed by atoms with Crippen molar-refractivity contribution >= 4 is 7.92 Å². The summed E-state index contributed by atoms with van der Waals surface area (Å²) in [5.74, 6) is 0. The summed E-state index contributed by atoms with van der Waals surface area (Å²) in [7, 11) is -0.00567. The van der Waals surface area contributed by atoms with Crippen molar-refractivity contribution in [2.75, 3.05) is 25.5 Å². The number of nitrogens with two attached hydrogens (primary N) is 1. The van der Waals surface area contributed by atoms with Gasteiger partial charge in [0.15, 0.2) is 0 Å². The van der Waals surface area contributed by atoms with E-state index in [4.69, 9.17) is 0 Å². The van der Waals surface area contributed by atoms with E-state index in [1.54, 1.807) is 4.90 Å². The minimum absolute atomic E-state index is 0.00567. The molecule has 0 aromatic heterocycles. The Morgan fingerprint density at radius 3 is 2.00 bits per heavy atom. The molecule has 0 radical (unpaired) electrons. The molecule has 3 aromatic rings. The molecular formula is C25H32N3P+2. The zero-order valence-corrected chi connectivity index (χ0v) is 18.0. The van der Waals surface area contributed by atoms with Gasteiger partial charge in [-0.15, -0.1) is 0 Å². The average molecular weight is 406 g/mol. The maximum atomic E-state index is 2.68. The molecule has 1 aliphatic rings. The molecule has 29 heavy (non-hydrogen) atoms. The number of hydrogen-bond acceptors (Lipinski definition) is 1. The molecule has 3 aromatic carbocycles. The lowest BCUT2D eigenvalue weighted by atomic mass is 10.2. The summed E-state index contributed by atoms with van der Waals surface area (Å²) >= 11 is 0. The molecule has 3 N–H and O–H groups in total. The van der Waals surface area contributed by atoms with Crippen molar-refractivity contribution < 1.29 is 10.2 Å². The van der Waals surface area contributed by atoms with Gasteiger partial charge in [0.2, 0.25) is 0 Å². The highest BCUT2D eigenvalue weighted by Crippen LogP contribution is 2.33. The first-order valence-electron chi connectivity index (χ1n) is 10.6. The van der Waals surface area contributed by atoms with Crippen molar-refractivity contribution in [2.24, 2.45) is 0 Å². The van der Waals surface area contributed by atoms with Crippen molar-refractivity contribution in [2.45, 2.75) is 19.6 Å². The molecule has 3 nitrogen and oxygen atoms in total. The molecule has 0 aliphatic carbocycles. The summed E-state index contributed by atoms with van der Waals surface area (Å²) in [4.78, 5) is 4.39. The number of quaternary nitrogens is 2. The Labute approximate surface area is 176 Å². The third-order valence-electron chi connectivity index (χ3n) is 5.45. The van der Waals surface area contributed by atoms with E-state index in [9.17, 15) is 0 Å². The Hall–Kier alpha value is -2.03. The molecular weight excluding hydrogens is 373 g/mol. The second-order valence-corrected chi connectivity index (χ2v) is 10.3. The minimum Gasteiger partial charge on any atom is -0.339 e. The fourth-order valence-corrected chi connectivity index (χ4v) is 6.61. The first-order chi connectivity index (χ1) is 14.3. The molecule has 150 valence electrons. The van der Waals surface area contributed by atoms with Crippen LogP contribution in [0.5, 0.6) is 0 Å². The molecule has 1 saturated heterocycles. The molecule has 0 spiro atoms. The van der Waals surface area contributed by atoms with Crippen LogP contribution >= 0.6 is 7.92 Å². The second-order valence-electron chi connectivity index (χ2n) is 8.02. The number of nitrogens with zero attached hydrogens (tertiary/aromatic N) is 1. The quantitative estimate of drug-likeness (QED) is 0.554. The number of rotatable bonds is 8. The fourth-order valence-electron chi connectivity index (χ4n) is 4.16. The average Bonchev–Trinajstić information content (AvgIpc) is 2.76. The largest absolute Gasteiger partial charge is 0.339 e. The predicted octanol–water partition coefficient (Wildman–Crippen LogP) is 2.66. The third-order valence-corrected chi connectivity index (χ3v) is 7.92. The zero-order valence-electron chi connectivity index (χ0n) is 17.1. The first kappa shape index (κ1) is 20.3. The summed E-state index contributed by atoms with van der Waals surface area (Å²) in [6, 6.07) is 32.8. The van der Waals surface area contributed by atoms with Crippen LogP contribution in [0.4, 0.5) is 0 Å². The van der Waals surface area contributed by atoms with Crippen molar-refractivity contribution in [3.05, 3.63) is 108 Å². The maximum Gasteiger partial charge on any atom is 0.134 e. The van der Waals surface area contributed by atoms with E-state index in [-0.39, 0.29) is 7.92 Å². The molecule has 0 bridgehead atoms. The molecule has 2 unspecified atom stereocenters. The van der Waals surface area contributed by atoms with Crippen LogP contribution in [-0.4, -0.2) is 30.4 Å². The van der Waals surface area contributed by atoms with E-state index in [1.165, 1.54) is 35.5 Å². The Morgan fingerprint density at radius 2 is 1.34 bits per heavy atom. The van der Waals surface area contributed by atoms with E-state index in [1.807, 2.05) is 0 Å². The van der Waals surface area contributed by atoms with Crippen LogP contribution in [-0.2, 0) is 19.6 Å². The highest BCUT2D eigenvalue weighted by molar-refractivity contribution is 7.57. The molecule has 4 heteroatoms. The molecule has 0 amide bonds. The van der Waals surface area contributed by atoms with Gasteiger partial charge < -0.3 is 10.2 Å². The van der Waals surface area contributed by atoms with Crippen LogP contribution in [0.1, 0.15) is 16.7 Å². The lowest BCUT2D eigenvalue weighted by Crippen LogP contribution is -3.13. The standard InChI is InChI=1S/C25H30N3P/c1-4-10-23(11-5-1)16-26-19-29-21-27(17-24-12-6-2-7-13-24)20-28(22-29)18-25-14-8-3-9-15-25/h1-15,26H,16-22H2/p+2. The van der Waals surface area contributed by atoms with Crippen molar-refractivity contribution in [1.82, 2.24) is 4.90 Å². The summed E-state index contributed by atoms with van der Waals surface area (Å²) in [6.07, 6.45) is 3.84. The monoisotopic (exact) mass is 405 g/mol. The number of hydrogen-bond donors (Lipinski definition) is 2. The van der Waals surface area contributed by atoms with E-state index < -0.39 is 0 Å². The van der Waals surface area contributed by atoms with Crippen LogP contribution in [0, 0.1) is 0 Å². The van der Waals surface area contributed by atoms with Crippen LogP contribution in [0.3, 0.4) is 0 Å². The van der Waals surface area contributed by atoms with E-state index in [0.717, 1.165) is 26.3 Å². The molecule has 4 rings (SSSR count). The normalized spacial score (nSPS) is 19.9. The van der Waals surface area contributed by atoms with Crippen LogP contribution in [0.25, 0.3) is 0 Å². The topological polar surface area (TPSA) is 24.3 Å². The Balaban J connectivity index is 1.37. The van der Waals surface area contributed by atoms with Gasteiger partial charge in [-0.1, -0.05) is 91.0 Å². The molecule has 1 fully saturated rings. The van der Waals surface area contributed by atoms with Crippen molar-refractivity contribution in [1.29, 1.82) is 0 Å². The highest BCUT2D eigenvalue weighted by atomic mass is 31.1. The van der Waals surface area contributed by atoms with Crippen molar-refractivity contribution in [3.63, 3.8) is 0 Å². The van der Waals surface area contributed by atoms with Crippen LogP contribution < -0.4 is 10.2 Å². The van der Waals surface area contributed by atoms with E-state index >= 15 is 0 Å². The van der Waals surface area contributed by atoms with E-state index in [2.05, 4.69) is 101 Å². The lowest BCUT2D eigenvalue weighted by molar-refractivity contribution is -0.915. The van der Waals surface area contributed by atoms with Gasteiger partial charge in [0.05, 0.1) is 0 Å². The van der Waals surface area contributed by atoms with Gasteiger partial charge in [-0.2, -0.15) is 0 Å². The smallest absolute Gasteiger partial charge is 0.134 e. The number of nitrogens with one attached hydrogen (secondary N) is 1. The molecule has 1 aliphatic heterocycles. The highest BCUT2D eigenvalue weighted by Gasteiger charge is 2.29. The van der Waals surface area contributed by atoms with Crippen LogP contribution in [0.2, 0.25) is 0 Å². The van der Waals surface area contributed by atoms with Crippen LogP contribution in [0.15, 0.2) is 91.0 Å². The Kier molecular flexibility index (Phi) is 7.45. The van der Waals surface area contributed by atoms with Gasteiger partial charge in [-0.3, -0.25) is 0 Å². The second kappa shape index (κ2) is 10.7. The summed E-state index contributed by atoms with van der Waals surface area (Å²) in [5.41, 5.74) is 4.30. The van der Waals surface area contributed by atoms with Gasteiger partial charge in [0, 0.05) is 31.9 Å².